The Kier molecular flexibility index (Phi) is 6.63. The lowest BCUT2D eigenvalue weighted by Crippen LogP contribution is -2.29. The Labute approximate surface area is 206 Å². The number of anilines is 1. The molecule has 7 nitrogen and oxygen atoms in total. The molecular weight excluding hydrogens is 527 g/mol. The van der Waals surface area contributed by atoms with E-state index >= 15 is 0 Å². The van der Waals surface area contributed by atoms with Crippen molar-refractivity contribution in [3.63, 3.8) is 0 Å². The van der Waals surface area contributed by atoms with Gasteiger partial charge in [0.05, 0.1) is 23.9 Å². The SMILES string of the molecule is CCOC(=O)c1sc(N2C(=O)C(=O)/C(=C(/O)c3ccc(F)cc3)[C@H]2c2cccc(Br)c2)nc1C. The highest BCUT2D eigenvalue weighted by atomic mass is 79.9. The Balaban J connectivity index is 1.91. The van der Waals surface area contributed by atoms with Crippen molar-refractivity contribution in [2.45, 2.75) is 19.9 Å². The molecule has 1 aromatic heterocycles. The molecule has 2 heterocycles. The van der Waals surface area contributed by atoms with Gasteiger partial charge in [0.2, 0.25) is 0 Å². The van der Waals surface area contributed by atoms with Crippen LogP contribution in [0.1, 0.15) is 39.5 Å². The highest BCUT2D eigenvalue weighted by Crippen LogP contribution is 2.44. The Morgan fingerprint density at radius 1 is 1.24 bits per heavy atom. The number of amides is 1. The van der Waals surface area contributed by atoms with Gasteiger partial charge in [-0.3, -0.25) is 14.5 Å². The van der Waals surface area contributed by atoms with E-state index in [1.54, 1.807) is 38.1 Å². The van der Waals surface area contributed by atoms with Crippen LogP contribution in [0.4, 0.5) is 9.52 Å². The number of halogens is 2. The number of hydrogen-bond acceptors (Lipinski definition) is 7. The van der Waals surface area contributed by atoms with Crippen molar-refractivity contribution < 1.29 is 28.6 Å². The number of ether oxygens (including phenoxy) is 1. The maximum Gasteiger partial charge on any atom is 0.350 e. The summed E-state index contributed by atoms with van der Waals surface area (Å²) in [5.41, 5.74) is 0.900. The number of thiazole rings is 1. The summed E-state index contributed by atoms with van der Waals surface area (Å²) in [7, 11) is 0. The van der Waals surface area contributed by atoms with E-state index in [-0.39, 0.29) is 27.8 Å². The van der Waals surface area contributed by atoms with Crippen molar-refractivity contribution in [2.24, 2.45) is 0 Å². The third-order valence-electron chi connectivity index (χ3n) is 5.18. The molecule has 3 aromatic rings. The smallest absolute Gasteiger partial charge is 0.350 e. The maximum absolute atomic E-state index is 13.4. The third-order valence-corrected chi connectivity index (χ3v) is 6.81. The van der Waals surface area contributed by atoms with Gasteiger partial charge in [0, 0.05) is 10.0 Å². The van der Waals surface area contributed by atoms with Crippen LogP contribution in [0.25, 0.3) is 5.76 Å². The Bertz CT molecular complexity index is 1340. The first kappa shape index (κ1) is 23.8. The zero-order chi connectivity index (χ0) is 24.6. The molecule has 0 aliphatic carbocycles. The van der Waals surface area contributed by atoms with E-state index in [0.29, 0.717) is 15.7 Å². The van der Waals surface area contributed by atoms with E-state index in [2.05, 4.69) is 20.9 Å². The minimum atomic E-state index is -1.02. The second-order valence-corrected chi connectivity index (χ2v) is 9.26. The summed E-state index contributed by atoms with van der Waals surface area (Å²) in [6.45, 7) is 3.46. The van der Waals surface area contributed by atoms with Gasteiger partial charge in [-0.05, 0) is 55.8 Å². The summed E-state index contributed by atoms with van der Waals surface area (Å²) in [6.07, 6.45) is 0. The first-order valence-electron chi connectivity index (χ1n) is 10.2. The fraction of sp³-hybridized carbons (Fsp3) is 0.167. The molecule has 1 N–H and O–H groups in total. The van der Waals surface area contributed by atoms with Gasteiger partial charge in [0.15, 0.2) is 5.13 Å². The Morgan fingerprint density at radius 2 is 1.94 bits per heavy atom. The highest BCUT2D eigenvalue weighted by Gasteiger charge is 2.48. The number of carbonyl (C=O) groups excluding carboxylic acids is 3. The second-order valence-electron chi connectivity index (χ2n) is 7.36. The highest BCUT2D eigenvalue weighted by molar-refractivity contribution is 9.10. The summed E-state index contributed by atoms with van der Waals surface area (Å²) in [5.74, 6) is -3.35. The van der Waals surface area contributed by atoms with Crippen LogP contribution in [0.2, 0.25) is 0 Å². The van der Waals surface area contributed by atoms with Crippen LogP contribution in [0.5, 0.6) is 0 Å². The number of nitrogens with zero attached hydrogens (tertiary/aromatic N) is 2. The van der Waals surface area contributed by atoms with Gasteiger partial charge in [0.1, 0.15) is 16.5 Å². The fourth-order valence-electron chi connectivity index (χ4n) is 3.66. The van der Waals surface area contributed by atoms with Crippen molar-refractivity contribution in [2.75, 3.05) is 11.5 Å². The summed E-state index contributed by atoms with van der Waals surface area (Å²) < 4.78 is 19.2. The lowest BCUT2D eigenvalue weighted by atomic mass is 9.95. The summed E-state index contributed by atoms with van der Waals surface area (Å²) in [6, 6.07) is 10.8. The molecule has 1 fully saturated rings. The van der Waals surface area contributed by atoms with Crippen LogP contribution < -0.4 is 4.90 Å². The molecule has 1 atom stereocenters. The number of hydrogen-bond donors (Lipinski definition) is 1. The van der Waals surface area contributed by atoms with Crippen molar-refractivity contribution in [3.8, 4) is 0 Å². The molecule has 1 aliphatic rings. The van der Waals surface area contributed by atoms with Gasteiger partial charge in [-0.2, -0.15) is 0 Å². The van der Waals surface area contributed by atoms with E-state index in [1.165, 1.54) is 17.0 Å². The van der Waals surface area contributed by atoms with Crippen LogP contribution in [-0.2, 0) is 14.3 Å². The van der Waals surface area contributed by atoms with Gasteiger partial charge in [0.25, 0.3) is 5.78 Å². The van der Waals surface area contributed by atoms with Crippen molar-refractivity contribution in [1.29, 1.82) is 0 Å². The van der Waals surface area contributed by atoms with Gasteiger partial charge >= 0.3 is 11.9 Å². The molecule has 0 bridgehead atoms. The largest absolute Gasteiger partial charge is 0.507 e. The lowest BCUT2D eigenvalue weighted by Gasteiger charge is -2.23. The van der Waals surface area contributed by atoms with Gasteiger partial charge in [-0.25, -0.2) is 14.2 Å². The number of aliphatic hydroxyl groups is 1. The molecule has 2 aromatic carbocycles. The minimum absolute atomic E-state index is 0.116. The molecule has 0 saturated carbocycles. The first-order valence-corrected chi connectivity index (χ1v) is 11.8. The van der Waals surface area contributed by atoms with Crippen molar-refractivity contribution in [3.05, 3.63) is 86.1 Å². The first-order chi connectivity index (χ1) is 16.2. The number of rotatable bonds is 5. The number of ketones is 1. The summed E-state index contributed by atoms with van der Waals surface area (Å²) in [5, 5.41) is 11.2. The van der Waals surface area contributed by atoms with Crippen molar-refractivity contribution in [1.82, 2.24) is 4.98 Å². The van der Waals surface area contributed by atoms with Crippen LogP contribution in [0.15, 0.2) is 58.6 Å². The Hall–Kier alpha value is -3.37. The van der Waals surface area contributed by atoms with E-state index in [0.717, 1.165) is 23.5 Å². The second kappa shape index (κ2) is 9.47. The average Bonchev–Trinajstić information content (AvgIpc) is 3.31. The number of aliphatic hydroxyl groups excluding tert-OH is 1. The van der Waals surface area contributed by atoms with Crippen LogP contribution in [0, 0.1) is 12.7 Å². The monoisotopic (exact) mass is 544 g/mol. The molecule has 0 unspecified atom stereocenters. The average molecular weight is 545 g/mol. The third kappa shape index (κ3) is 4.26. The van der Waals surface area contributed by atoms with Crippen LogP contribution in [0.3, 0.4) is 0 Å². The molecule has 1 saturated heterocycles. The molecule has 1 amide bonds. The van der Waals surface area contributed by atoms with Gasteiger partial charge in [-0.1, -0.05) is 39.4 Å². The normalized spacial score (nSPS) is 17.3. The van der Waals surface area contributed by atoms with Crippen LogP contribution >= 0.6 is 27.3 Å². The Morgan fingerprint density at radius 3 is 2.59 bits per heavy atom. The zero-order valence-corrected chi connectivity index (χ0v) is 20.4. The maximum atomic E-state index is 13.4. The number of aryl methyl sites for hydroxylation is 1. The topological polar surface area (TPSA) is 96.8 Å². The van der Waals surface area contributed by atoms with Crippen molar-refractivity contribution >= 4 is 55.8 Å². The van der Waals surface area contributed by atoms with E-state index in [9.17, 15) is 23.9 Å². The number of benzene rings is 2. The number of aromatic nitrogens is 1. The molecular formula is C24H18BrFN2O5S. The van der Waals surface area contributed by atoms with Gasteiger partial charge < -0.3 is 9.84 Å². The lowest BCUT2D eigenvalue weighted by molar-refractivity contribution is -0.132. The van der Waals surface area contributed by atoms with E-state index in [4.69, 9.17) is 4.74 Å². The van der Waals surface area contributed by atoms with E-state index in [1.807, 2.05) is 0 Å². The summed E-state index contributed by atoms with van der Waals surface area (Å²) in [4.78, 5) is 44.4. The molecule has 34 heavy (non-hydrogen) atoms. The van der Waals surface area contributed by atoms with Gasteiger partial charge in [-0.15, -0.1) is 0 Å². The number of Topliss-reactive ketones (excluding diaryl/α,β-unsaturated/α-hetero) is 1. The molecule has 1 aliphatic heterocycles. The predicted octanol–water partition coefficient (Wildman–Crippen LogP) is 5.16. The number of carbonyl (C=O) groups is 3. The summed E-state index contributed by atoms with van der Waals surface area (Å²) >= 11 is 4.32. The fourth-order valence-corrected chi connectivity index (χ4v) is 5.06. The minimum Gasteiger partial charge on any atom is -0.507 e. The number of esters is 1. The zero-order valence-electron chi connectivity index (χ0n) is 18.0. The quantitative estimate of drug-likeness (QED) is 0.206. The standard InChI is InChI=1S/C24H18BrFN2O5S/c1-3-33-23(32)21-12(2)27-24(34-21)28-18(14-5-4-6-15(25)11-14)17(20(30)22(28)31)19(29)13-7-9-16(26)10-8-13/h4-11,18,29H,3H2,1-2H3/b19-17+/t18-/m1/s1. The molecule has 4 rings (SSSR count). The predicted molar refractivity (Wildman–Crippen MR) is 128 cm³/mol. The van der Waals surface area contributed by atoms with E-state index < -0.39 is 35.3 Å². The molecule has 174 valence electrons. The molecule has 0 spiro atoms. The van der Waals surface area contributed by atoms with Crippen LogP contribution in [-0.4, -0.2) is 34.4 Å². The molecule has 10 heteroatoms. The molecule has 0 radical (unpaired) electrons.